The highest BCUT2D eigenvalue weighted by molar-refractivity contribution is 5.85. The predicted molar refractivity (Wildman–Crippen MR) is 86.5 cm³/mol. The third-order valence-corrected chi connectivity index (χ3v) is 3.32. The third-order valence-electron chi connectivity index (χ3n) is 3.32. The second-order valence-electron chi connectivity index (χ2n) is 4.55. The molecule has 1 aliphatic rings. The van der Waals surface area contributed by atoms with Crippen molar-refractivity contribution in [3.05, 3.63) is 59.7 Å². The van der Waals surface area contributed by atoms with Crippen LogP contribution in [0.4, 0.5) is 11.4 Å². The molecule has 0 fully saturated rings. The summed E-state index contributed by atoms with van der Waals surface area (Å²) < 4.78 is 0. The van der Waals surface area contributed by atoms with Gasteiger partial charge in [-0.25, -0.2) is 0 Å². The Morgan fingerprint density at radius 1 is 1.00 bits per heavy atom. The Hall–Kier alpha value is -1.38. The Kier molecular flexibility index (Phi) is 5.52. The molecule has 2 aromatic rings. The zero-order valence-corrected chi connectivity index (χ0v) is 12.2. The first-order valence-electron chi connectivity index (χ1n) is 6.00. The van der Waals surface area contributed by atoms with E-state index in [-0.39, 0.29) is 24.8 Å². The topological polar surface area (TPSA) is 29.3 Å². The average molecular weight is 297 g/mol. The highest BCUT2D eigenvalue weighted by atomic mass is 35.5. The van der Waals surface area contributed by atoms with Crippen LogP contribution in [-0.2, 0) is 13.0 Å². The molecule has 4 heteroatoms. The molecule has 0 saturated heterocycles. The minimum absolute atomic E-state index is 0. The van der Waals surface area contributed by atoms with E-state index in [4.69, 9.17) is 5.73 Å². The van der Waals surface area contributed by atoms with Crippen LogP contribution in [0, 0.1) is 0 Å². The van der Waals surface area contributed by atoms with E-state index in [9.17, 15) is 0 Å². The van der Waals surface area contributed by atoms with Gasteiger partial charge in [0.25, 0.3) is 0 Å². The van der Waals surface area contributed by atoms with Gasteiger partial charge in [0.05, 0.1) is 0 Å². The first-order chi connectivity index (χ1) is 8.33. The zero-order valence-electron chi connectivity index (χ0n) is 10.6. The summed E-state index contributed by atoms with van der Waals surface area (Å²) in [6, 6.07) is 16.8. The summed E-state index contributed by atoms with van der Waals surface area (Å²) in [5, 5.41) is 0. The molecule has 0 aliphatic carbocycles. The summed E-state index contributed by atoms with van der Waals surface area (Å²) in [5.41, 5.74) is 10.8. The van der Waals surface area contributed by atoms with E-state index in [1.165, 1.54) is 16.8 Å². The van der Waals surface area contributed by atoms with E-state index in [1.54, 1.807) is 0 Å². The number of nitrogen functional groups attached to an aromatic ring is 1. The maximum Gasteiger partial charge on any atom is 0.0429 e. The van der Waals surface area contributed by atoms with Crippen molar-refractivity contribution in [2.24, 2.45) is 0 Å². The summed E-state index contributed by atoms with van der Waals surface area (Å²) in [5.74, 6) is 0. The van der Waals surface area contributed by atoms with Gasteiger partial charge in [0.2, 0.25) is 0 Å². The van der Waals surface area contributed by atoms with Gasteiger partial charge in [0.1, 0.15) is 0 Å². The summed E-state index contributed by atoms with van der Waals surface area (Å²) >= 11 is 0. The molecule has 2 nitrogen and oxygen atoms in total. The van der Waals surface area contributed by atoms with Crippen molar-refractivity contribution >= 4 is 36.2 Å². The molecule has 19 heavy (non-hydrogen) atoms. The first-order valence-corrected chi connectivity index (χ1v) is 6.00. The number of halogens is 2. The van der Waals surface area contributed by atoms with Gasteiger partial charge in [-0.05, 0) is 29.7 Å². The molecule has 0 atom stereocenters. The van der Waals surface area contributed by atoms with Gasteiger partial charge in [-0.2, -0.15) is 0 Å². The fourth-order valence-corrected chi connectivity index (χ4v) is 2.43. The smallest absolute Gasteiger partial charge is 0.0429 e. The van der Waals surface area contributed by atoms with E-state index >= 15 is 0 Å². The Morgan fingerprint density at radius 3 is 2.47 bits per heavy atom. The minimum atomic E-state index is 0. The van der Waals surface area contributed by atoms with Crippen LogP contribution in [0.5, 0.6) is 0 Å². The number of anilines is 2. The maximum absolute atomic E-state index is 5.86. The standard InChI is InChI=1S/C15H16N2.2ClH/c16-14-7-6-13-8-9-17(15(13)10-14)11-12-4-2-1-3-5-12;;/h1-7,10H,8-9,11,16H2;2*1H. The molecule has 0 aromatic heterocycles. The molecule has 3 rings (SSSR count). The quantitative estimate of drug-likeness (QED) is 0.857. The first kappa shape index (κ1) is 15.7. The van der Waals surface area contributed by atoms with Gasteiger partial charge in [-0.1, -0.05) is 36.4 Å². The molecule has 0 spiro atoms. The van der Waals surface area contributed by atoms with Crippen LogP contribution in [0.3, 0.4) is 0 Å². The Balaban J connectivity index is 0.000000902. The number of fused-ring (bicyclic) bond motifs is 1. The molecule has 2 N–H and O–H groups in total. The number of nitrogens with zero attached hydrogens (tertiary/aromatic N) is 1. The normalized spacial score (nSPS) is 12.3. The molecular weight excluding hydrogens is 279 g/mol. The minimum Gasteiger partial charge on any atom is -0.399 e. The highest BCUT2D eigenvalue weighted by Crippen LogP contribution is 2.30. The Labute approximate surface area is 126 Å². The molecule has 0 unspecified atom stereocenters. The van der Waals surface area contributed by atoms with Crippen molar-refractivity contribution < 1.29 is 0 Å². The molecule has 0 radical (unpaired) electrons. The SMILES string of the molecule is Cl.Cl.Nc1ccc2c(c1)N(Cc1ccccc1)CC2. The van der Waals surface area contributed by atoms with Crippen LogP contribution < -0.4 is 10.6 Å². The van der Waals surface area contributed by atoms with Gasteiger partial charge in [-0.15, -0.1) is 24.8 Å². The lowest BCUT2D eigenvalue weighted by atomic mass is 10.1. The fourth-order valence-electron chi connectivity index (χ4n) is 2.43. The number of rotatable bonds is 2. The fraction of sp³-hybridized carbons (Fsp3) is 0.200. The Morgan fingerprint density at radius 2 is 1.74 bits per heavy atom. The molecule has 1 aliphatic heterocycles. The molecule has 0 amide bonds. The van der Waals surface area contributed by atoms with Gasteiger partial charge in [0.15, 0.2) is 0 Å². The largest absolute Gasteiger partial charge is 0.399 e. The van der Waals surface area contributed by atoms with Gasteiger partial charge < -0.3 is 10.6 Å². The summed E-state index contributed by atoms with van der Waals surface area (Å²) in [6.07, 6.45) is 1.13. The van der Waals surface area contributed by atoms with E-state index in [2.05, 4.69) is 47.4 Å². The summed E-state index contributed by atoms with van der Waals surface area (Å²) in [4.78, 5) is 2.40. The molecule has 0 bridgehead atoms. The highest BCUT2D eigenvalue weighted by Gasteiger charge is 2.18. The van der Waals surface area contributed by atoms with Crippen molar-refractivity contribution in [2.45, 2.75) is 13.0 Å². The average Bonchev–Trinajstić information content (AvgIpc) is 2.73. The van der Waals surface area contributed by atoms with Crippen molar-refractivity contribution in [2.75, 3.05) is 17.2 Å². The van der Waals surface area contributed by atoms with Crippen LogP contribution in [0.15, 0.2) is 48.5 Å². The van der Waals surface area contributed by atoms with Crippen LogP contribution in [0.1, 0.15) is 11.1 Å². The van der Waals surface area contributed by atoms with Crippen molar-refractivity contribution in [3.8, 4) is 0 Å². The lowest BCUT2D eigenvalue weighted by molar-refractivity contribution is 0.836. The second-order valence-corrected chi connectivity index (χ2v) is 4.55. The van der Waals surface area contributed by atoms with Crippen molar-refractivity contribution in [1.29, 1.82) is 0 Å². The van der Waals surface area contributed by atoms with E-state index in [0.29, 0.717) is 0 Å². The van der Waals surface area contributed by atoms with Gasteiger partial charge in [0, 0.05) is 24.5 Å². The molecule has 2 aromatic carbocycles. The van der Waals surface area contributed by atoms with Crippen LogP contribution in [0.25, 0.3) is 0 Å². The molecule has 1 heterocycles. The zero-order chi connectivity index (χ0) is 11.7. The molecule has 0 saturated carbocycles. The summed E-state index contributed by atoms with van der Waals surface area (Å²) in [6.45, 7) is 2.06. The number of hydrogen-bond acceptors (Lipinski definition) is 2. The van der Waals surface area contributed by atoms with Crippen LogP contribution in [-0.4, -0.2) is 6.54 Å². The van der Waals surface area contributed by atoms with Crippen molar-refractivity contribution in [1.82, 2.24) is 0 Å². The number of nitrogens with two attached hydrogens (primary N) is 1. The monoisotopic (exact) mass is 296 g/mol. The lowest BCUT2D eigenvalue weighted by Crippen LogP contribution is -2.19. The third kappa shape index (κ3) is 3.34. The lowest BCUT2D eigenvalue weighted by Gasteiger charge is -2.19. The summed E-state index contributed by atoms with van der Waals surface area (Å²) in [7, 11) is 0. The van der Waals surface area contributed by atoms with Crippen LogP contribution in [0.2, 0.25) is 0 Å². The number of hydrogen-bond donors (Lipinski definition) is 1. The van der Waals surface area contributed by atoms with Crippen molar-refractivity contribution in [3.63, 3.8) is 0 Å². The van der Waals surface area contributed by atoms with E-state index < -0.39 is 0 Å². The Bertz CT molecular complexity index is 529. The van der Waals surface area contributed by atoms with E-state index in [1.807, 2.05) is 6.07 Å². The maximum atomic E-state index is 5.86. The van der Waals surface area contributed by atoms with E-state index in [0.717, 1.165) is 25.2 Å². The van der Waals surface area contributed by atoms with Crippen LogP contribution >= 0.6 is 24.8 Å². The number of benzene rings is 2. The van der Waals surface area contributed by atoms with Gasteiger partial charge in [-0.3, -0.25) is 0 Å². The molecule has 102 valence electrons. The molecular formula is C15H18Cl2N2. The predicted octanol–water partition coefficient (Wildman–Crippen LogP) is 3.68. The second kappa shape index (κ2) is 6.69. The van der Waals surface area contributed by atoms with Gasteiger partial charge >= 0.3 is 0 Å².